The van der Waals surface area contributed by atoms with Crippen molar-refractivity contribution in [2.24, 2.45) is 0 Å². The van der Waals surface area contributed by atoms with Crippen LogP contribution in [0.3, 0.4) is 0 Å². The van der Waals surface area contributed by atoms with E-state index in [4.69, 9.17) is 5.11 Å². The van der Waals surface area contributed by atoms with E-state index in [1.165, 1.54) is 18.9 Å². The fourth-order valence-electron chi connectivity index (χ4n) is 1.15. The molecular formula is C7H11ClO2. The normalized spacial score (nSPS) is 16.2. The number of aliphatic carboxylic acids is 1. The van der Waals surface area contributed by atoms with Gasteiger partial charge in [0.1, 0.15) is 0 Å². The van der Waals surface area contributed by atoms with Gasteiger partial charge >= 0.3 is 5.97 Å². The quantitative estimate of drug-likeness (QED) is 0.599. The van der Waals surface area contributed by atoms with Crippen LogP contribution >= 0.6 is 12.4 Å². The van der Waals surface area contributed by atoms with Crippen molar-refractivity contribution in [2.45, 2.75) is 25.7 Å². The summed E-state index contributed by atoms with van der Waals surface area (Å²) in [5.41, 5.74) is 1.10. The Kier molecular flexibility index (Phi) is 4.12. The Bertz CT molecular complexity index is 144. The number of halogens is 1. The minimum Gasteiger partial charge on any atom is -0.478 e. The molecule has 0 aromatic carbocycles. The molecule has 0 heterocycles. The van der Waals surface area contributed by atoms with Gasteiger partial charge in [-0.3, -0.25) is 0 Å². The molecule has 1 fully saturated rings. The fourth-order valence-corrected chi connectivity index (χ4v) is 1.15. The highest BCUT2D eigenvalue weighted by Gasteiger charge is 2.06. The lowest BCUT2D eigenvalue weighted by atomic mass is 10.2. The van der Waals surface area contributed by atoms with Crippen LogP contribution < -0.4 is 0 Å². The van der Waals surface area contributed by atoms with Crippen molar-refractivity contribution < 1.29 is 9.90 Å². The van der Waals surface area contributed by atoms with Gasteiger partial charge in [-0.15, -0.1) is 12.4 Å². The molecule has 0 aromatic rings. The van der Waals surface area contributed by atoms with E-state index in [-0.39, 0.29) is 12.4 Å². The van der Waals surface area contributed by atoms with Crippen LogP contribution in [0, 0.1) is 0 Å². The zero-order valence-corrected chi connectivity index (χ0v) is 6.49. The summed E-state index contributed by atoms with van der Waals surface area (Å²) in [7, 11) is 0. The number of carbonyl (C=O) groups is 1. The molecule has 0 amide bonds. The van der Waals surface area contributed by atoms with E-state index >= 15 is 0 Å². The van der Waals surface area contributed by atoms with Crippen LogP contribution in [0.4, 0.5) is 0 Å². The van der Waals surface area contributed by atoms with Crippen LogP contribution in [0.1, 0.15) is 25.7 Å². The lowest BCUT2D eigenvalue weighted by molar-refractivity contribution is -0.131. The molecule has 0 saturated heterocycles. The molecule has 1 aliphatic carbocycles. The molecule has 0 spiro atoms. The van der Waals surface area contributed by atoms with Crippen molar-refractivity contribution in [1.29, 1.82) is 0 Å². The second-order valence-electron chi connectivity index (χ2n) is 2.35. The summed E-state index contributed by atoms with van der Waals surface area (Å²) < 4.78 is 0. The maximum absolute atomic E-state index is 10.1. The number of hydrogen-bond donors (Lipinski definition) is 1. The summed E-state index contributed by atoms with van der Waals surface area (Å²) in [5, 5.41) is 8.30. The van der Waals surface area contributed by atoms with Crippen molar-refractivity contribution >= 4 is 18.4 Å². The SMILES string of the molecule is Cl.O=C(O)C=C1CCCC1. The van der Waals surface area contributed by atoms with Gasteiger partial charge in [-0.25, -0.2) is 4.79 Å². The summed E-state index contributed by atoms with van der Waals surface area (Å²) in [4.78, 5) is 10.1. The van der Waals surface area contributed by atoms with E-state index in [1.54, 1.807) is 0 Å². The Morgan fingerprint density at radius 2 is 1.90 bits per heavy atom. The van der Waals surface area contributed by atoms with Crippen molar-refractivity contribution in [1.82, 2.24) is 0 Å². The van der Waals surface area contributed by atoms with E-state index in [1.807, 2.05) is 0 Å². The third-order valence-corrected chi connectivity index (χ3v) is 1.57. The Balaban J connectivity index is 0.000000810. The summed E-state index contributed by atoms with van der Waals surface area (Å²) in [6.45, 7) is 0. The first-order valence-electron chi connectivity index (χ1n) is 3.21. The molecule has 0 radical (unpaired) electrons. The molecule has 0 aromatic heterocycles. The van der Waals surface area contributed by atoms with E-state index in [9.17, 15) is 4.79 Å². The fraction of sp³-hybridized carbons (Fsp3) is 0.571. The first-order chi connectivity index (χ1) is 4.29. The summed E-state index contributed by atoms with van der Waals surface area (Å²) >= 11 is 0. The Morgan fingerprint density at radius 3 is 2.30 bits per heavy atom. The zero-order valence-electron chi connectivity index (χ0n) is 5.67. The van der Waals surface area contributed by atoms with Gasteiger partial charge in [-0.1, -0.05) is 5.57 Å². The largest absolute Gasteiger partial charge is 0.478 e. The van der Waals surface area contributed by atoms with Crippen LogP contribution in [0.15, 0.2) is 11.6 Å². The number of carboxylic acids is 1. The third kappa shape index (κ3) is 2.87. The second-order valence-corrected chi connectivity index (χ2v) is 2.35. The standard InChI is InChI=1S/C7H10O2.ClH/c8-7(9)5-6-3-1-2-4-6;/h5H,1-4H2,(H,8,9);1H. The van der Waals surface area contributed by atoms with E-state index in [0.29, 0.717) is 0 Å². The molecule has 2 nitrogen and oxygen atoms in total. The molecule has 0 atom stereocenters. The summed E-state index contributed by atoms with van der Waals surface area (Å²) in [6.07, 6.45) is 5.66. The van der Waals surface area contributed by atoms with Crippen LogP contribution in [-0.2, 0) is 4.79 Å². The van der Waals surface area contributed by atoms with Crippen molar-refractivity contribution in [3.05, 3.63) is 11.6 Å². The van der Waals surface area contributed by atoms with E-state index in [0.717, 1.165) is 18.4 Å². The molecule has 58 valence electrons. The average molecular weight is 163 g/mol. The van der Waals surface area contributed by atoms with E-state index < -0.39 is 5.97 Å². The van der Waals surface area contributed by atoms with Crippen molar-refractivity contribution in [2.75, 3.05) is 0 Å². The average Bonchev–Trinajstić information content (AvgIpc) is 2.15. The minimum absolute atomic E-state index is 0. The first-order valence-corrected chi connectivity index (χ1v) is 3.21. The number of allylic oxidation sites excluding steroid dienone is 1. The van der Waals surface area contributed by atoms with Gasteiger partial charge in [-0.2, -0.15) is 0 Å². The predicted molar refractivity (Wildman–Crippen MR) is 41.4 cm³/mol. The van der Waals surface area contributed by atoms with Gasteiger partial charge < -0.3 is 5.11 Å². The maximum Gasteiger partial charge on any atom is 0.328 e. The van der Waals surface area contributed by atoms with Gasteiger partial charge in [0.05, 0.1) is 0 Å². The van der Waals surface area contributed by atoms with Crippen molar-refractivity contribution in [3.8, 4) is 0 Å². The molecule has 0 bridgehead atoms. The van der Waals surface area contributed by atoms with Crippen molar-refractivity contribution in [3.63, 3.8) is 0 Å². The molecule has 10 heavy (non-hydrogen) atoms. The molecule has 3 heteroatoms. The Hall–Kier alpha value is -0.500. The second kappa shape index (κ2) is 4.34. The zero-order chi connectivity index (χ0) is 6.69. The molecule has 1 aliphatic rings. The van der Waals surface area contributed by atoms with Crippen LogP contribution in [0.5, 0.6) is 0 Å². The number of hydrogen-bond acceptors (Lipinski definition) is 1. The van der Waals surface area contributed by atoms with Crippen LogP contribution in [0.2, 0.25) is 0 Å². The van der Waals surface area contributed by atoms with Crippen LogP contribution in [-0.4, -0.2) is 11.1 Å². The molecule has 0 aliphatic heterocycles. The van der Waals surface area contributed by atoms with Gasteiger partial charge in [0.2, 0.25) is 0 Å². The molecule has 1 N–H and O–H groups in total. The predicted octanol–water partition coefficient (Wildman–Crippen LogP) is 1.99. The highest BCUT2D eigenvalue weighted by Crippen LogP contribution is 2.22. The third-order valence-electron chi connectivity index (χ3n) is 1.57. The highest BCUT2D eigenvalue weighted by molar-refractivity contribution is 5.85. The lowest BCUT2D eigenvalue weighted by Gasteiger charge is -1.88. The molecule has 1 rings (SSSR count). The first kappa shape index (κ1) is 9.50. The number of carboxylic acid groups (broad SMARTS) is 1. The lowest BCUT2D eigenvalue weighted by Crippen LogP contribution is -1.88. The smallest absolute Gasteiger partial charge is 0.328 e. The molecule has 1 saturated carbocycles. The maximum atomic E-state index is 10.1. The van der Waals surface area contributed by atoms with Crippen LogP contribution in [0.25, 0.3) is 0 Å². The minimum atomic E-state index is -0.799. The Labute approximate surface area is 66.3 Å². The Morgan fingerprint density at radius 1 is 1.40 bits per heavy atom. The van der Waals surface area contributed by atoms with E-state index in [2.05, 4.69) is 0 Å². The van der Waals surface area contributed by atoms with Gasteiger partial charge in [-0.05, 0) is 25.7 Å². The summed E-state index contributed by atoms with van der Waals surface area (Å²) in [6, 6.07) is 0. The van der Waals surface area contributed by atoms with Gasteiger partial charge in [0.25, 0.3) is 0 Å². The molecule has 0 unspecified atom stereocenters. The van der Waals surface area contributed by atoms with Gasteiger partial charge in [0, 0.05) is 6.08 Å². The van der Waals surface area contributed by atoms with Gasteiger partial charge in [0.15, 0.2) is 0 Å². The topological polar surface area (TPSA) is 37.3 Å². The monoisotopic (exact) mass is 162 g/mol. The highest BCUT2D eigenvalue weighted by atomic mass is 35.5. The summed E-state index contributed by atoms with van der Waals surface area (Å²) in [5.74, 6) is -0.799. The molecular weight excluding hydrogens is 152 g/mol. The number of rotatable bonds is 1.